The summed E-state index contributed by atoms with van der Waals surface area (Å²) in [4.78, 5) is 0.115. The first-order chi connectivity index (χ1) is 9.92. The van der Waals surface area contributed by atoms with E-state index in [4.69, 9.17) is 11.0 Å². The minimum Gasteiger partial charge on any atom is -0.398 e. The predicted octanol–water partition coefficient (Wildman–Crippen LogP) is 2.90. The predicted molar refractivity (Wildman–Crippen MR) is 85.1 cm³/mol. The van der Waals surface area contributed by atoms with E-state index in [1.165, 1.54) is 18.2 Å². The average Bonchev–Trinajstić information content (AvgIpc) is 2.44. The lowest BCUT2D eigenvalue weighted by Gasteiger charge is -2.09. The number of benzene rings is 2. The number of hydrogen-bond donors (Lipinski definition) is 2. The van der Waals surface area contributed by atoms with E-state index in [0.717, 1.165) is 5.56 Å². The molecular weight excluding hydrogens is 354 g/mol. The van der Waals surface area contributed by atoms with Crippen molar-refractivity contribution in [3.63, 3.8) is 0 Å². The maximum Gasteiger partial charge on any atom is 0.261 e. The van der Waals surface area contributed by atoms with Gasteiger partial charge in [-0.05, 0) is 51.8 Å². The fourth-order valence-corrected chi connectivity index (χ4v) is 3.29. The number of halogens is 1. The lowest BCUT2D eigenvalue weighted by molar-refractivity contribution is 0.601. The molecule has 0 aliphatic rings. The van der Waals surface area contributed by atoms with Crippen LogP contribution in [0.15, 0.2) is 51.8 Å². The van der Waals surface area contributed by atoms with Gasteiger partial charge in [-0.25, -0.2) is 8.42 Å². The van der Waals surface area contributed by atoms with E-state index in [0.29, 0.717) is 15.8 Å². The number of anilines is 2. The number of nitrogens with zero attached hydrogens (tertiary/aromatic N) is 1. The number of nitrogens with two attached hydrogens (primary N) is 1. The Balaban J connectivity index is 2.24. The molecule has 7 heteroatoms. The smallest absolute Gasteiger partial charge is 0.261 e. The van der Waals surface area contributed by atoms with Crippen molar-refractivity contribution in [1.82, 2.24) is 0 Å². The first-order valence-corrected chi connectivity index (χ1v) is 8.24. The van der Waals surface area contributed by atoms with Gasteiger partial charge in [0.05, 0.1) is 17.4 Å². The lowest BCUT2D eigenvalue weighted by atomic mass is 10.1. The van der Waals surface area contributed by atoms with E-state index in [2.05, 4.69) is 20.7 Å². The van der Waals surface area contributed by atoms with Crippen molar-refractivity contribution in [2.75, 3.05) is 10.5 Å². The topological polar surface area (TPSA) is 96.0 Å². The van der Waals surface area contributed by atoms with Gasteiger partial charge in [0.2, 0.25) is 0 Å². The number of nitrogen functional groups attached to an aromatic ring is 1. The Morgan fingerprint density at radius 2 is 1.86 bits per heavy atom. The van der Waals surface area contributed by atoms with Crippen LogP contribution >= 0.6 is 15.9 Å². The maximum atomic E-state index is 12.3. The highest BCUT2D eigenvalue weighted by Crippen LogP contribution is 2.24. The normalized spacial score (nSPS) is 10.9. The van der Waals surface area contributed by atoms with Gasteiger partial charge >= 0.3 is 0 Å². The van der Waals surface area contributed by atoms with Crippen LogP contribution in [0.2, 0.25) is 0 Å². The molecule has 0 aromatic heterocycles. The summed E-state index contributed by atoms with van der Waals surface area (Å²) in [6, 6.07) is 13.1. The summed E-state index contributed by atoms with van der Waals surface area (Å²) in [7, 11) is -3.68. The van der Waals surface area contributed by atoms with Gasteiger partial charge in [-0.15, -0.1) is 0 Å². The van der Waals surface area contributed by atoms with E-state index < -0.39 is 10.0 Å². The number of rotatable bonds is 4. The highest BCUT2D eigenvalue weighted by atomic mass is 79.9. The molecule has 0 aliphatic heterocycles. The largest absolute Gasteiger partial charge is 0.398 e. The van der Waals surface area contributed by atoms with Crippen LogP contribution in [0.25, 0.3) is 0 Å². The zero-order chi connectivity index (χ0) is 15.5. The monoisotopic (exact) mass is 365 g/mol. The van der Waals surface area contributed by atoms with Gasteiger partial charge in [0.15, 0.2) is 0 Å². The van der Waals surface area contributed by atoms with Crippen LogP contribution in [0.1, 0.15) is 5.56 Å². The Kier molecular flexibility index (Phi) is 4.50. The van der Waals surface area contributed by atoms with E-state index in [1.54, 1.807) is 24.3 Å². The summed E-state index contributed by atoms with van der Waals surface area (Å²) in [5.41, 5.74) is 7.37. The summed E-state index contributed by atoms with van der Waals surface area (Å²) < 4.78 is 27.5. The fraction of sp³-hybridized carbons (Fsp3) is 0.0714. The zero-order valence-electron chi connectivity index (χ0n) is 10.9. The summed E-state index contributed by atoms with van der Waals surface area (Å²) in [6.07, 6.45) is 0.290. The quantitative estimate of drug-likeness (QED) is 0.814. The van der Waals surface area contributed by atoms with Crippen LogP contribution in [-0.4, -0.2) is 8.42 Å². The van der Waals surface area contributed by atoms with E-state index >= 15 is 0 Å². The highest BCUT2D eigenvalue weighted by Gasteiger charge is 2.15. The molecule has 0 aliphatic carbocycles. The molecule has 0 spiro atoms. The molecule has 2 rings (SSSR count). The van der Waals surface area contributed by atoms with Gasteiger partial charge in [-0.1, -0.05) is 12.1 Å². The molecule has 0 atom stereocenters. The van der Waals surface area contributed by atoms with Crippen LogP contribution in [-0.2, 0) is 16.4 Å². The second-order valence-corrected chi connectivity index (χ2v) is 6.86. The minimum absolute atomic E-state index is 0.115. The number of nitriles is 1. The van der Waals surface area contributed by atoms with Gasteiger partial charge in [-0.3, -0.25) is 4.72 Å². The molecule has 2 aromatic rings. The molecule has 0 heterocycles. The minimum atomic E-state index is -3.68. The fourth-order valence-electron chi connectivity index (χ4n) is 1.67. The molecule has 3 N–H and O–H groups in total. The first-order valence-electron chi connectivity index (χ1n) is 5.96. The van der Waals surface area contributed by atoms with Crippen LogP contribution in [0.4, 0.5) is 11.4 Å². The molecule has 0 amide bonds. The molecule has 108 valence electrons. The van der Waals surface area contributed by atoms with Crippen molar-refractivity contribution in [1.29, 1.82) is 5.26 Å². The molecule has 21 heavy (non-hydrogen) atoms. The lowest BCUT2D eigenvalue weighted by Crippen LogP contribution is -2.13. The van der Waals surface area contributed by atoms with E-state index in [9.17, 15) is 8.42 Å². The van der Waals surface area contributed by atoms with Crippen LogP contribution < -0.4 is 10.5 Å². The summed E-state index contributed by atoms with van der Waals surface area (Å²) in [6.45, 7) is 0. The van der Waals surface area contributed by atoms with Crippen molar-refractivity contribution in [2.24, 2.45) is 0 Å². The summed E-state index contributed by atoms with van der Waals surface area (Å²) >= 11 is 3.20. The average molecular weight is 366 g/mol. The number of sulfonamides is 1. The third-order valence-corrected chi connectivity index (χ3v) is 4.84. The van der Waals surface area contributed by atoms with Gasteiger partial charge in [-0.2, -0.15) is 5.26 Å². The van der Waals surface area contributed by atoms with E-state index in [-0.39, 0.29) is 11.3 Å². The van der Waals surface area contributed by atoms with Gasteiger partial charge in [0.1, 0.15) is 0 Å². The number of hydrogen-bond acceptors (Lipinski definition) is 4. The van der Waals surface area contributed by atoms with Crippen molar-refractivity contribution in [3.8, 4) is 6.07 Å². The SMILES string of the molecule is N#CCc1ccc(NS(=O)(=O)c2ccc(N)c(Br)c2)cc1. The molecule has 0 fully saturated rings. The van der Waals surface area contributed by atoms with Crippen molar-refractivity contribution < 1.29 is 8.42 Å². The Labute approximate surface area is 131 Å². The van der Waals surface area contributed by atoms with Gasteiger partial charge in [0, 0.05) is 15.8 Å². The molecular formula is C14H12BrN3O2S. The molecule has 5 nitrogen and oxygen atoms in total. The molecule has 0 saturated carbocycles. The van der Waals surface area contributed by atoms with Gasteiger partial charge in [0.25, 0.3) is 10.0 Å². The standard InChI is InChI=1S/C14H12BrN3O2S/c15-13-9-12(5-6-14(13)17)21(19,20)18-11-3-1-10(2-4-11)7-8-16/h1-6,9,18H,7,17H2. The van der Waals surface area contributed by atoms with Crippen LogP contribution in [0.5, 0.6) is 0 Å². The maximum absolute atomic E-state index is 12.3. The molecule has 0 bridgehead atoms. The molecule has 0 saturated heterocycles. The van der Waals surface area contributed by atoms with E-state index in [1.807, 2.05) is 6.07 Å². The Bertz CT molecular complexity index is 796. The molecule has 0 unspecified atom stereocenters. The van der Waals surface area contributed by atoms with Crippen LogP contribution in [0, 0.1) is 11.3 Å². The van der Waals surface area contributed by atoms with Crippen molar-refractivity contribution in [3.05, 3.63) is 52.5 Å². The first kappa shape index (κ1) is 15.4. The van der Waals surface area contributed by atoms with Crippen molar-refractivity contribution >= 4 is 37.3 Å². The Morgan fingerprint density at radius 1 is 1.19 bits per heavy atom. The highest BCUT2D eigenvalue weighted by molar-refractivity contribution is 9.10. The summed E-state index contributed by atoms with van der Waals surface area (Å²) in [5.74, 6) is 0. The zero-order valence-corrected chi connectivity index (χ0v) is 13.3. The van der Waals surface area contributed by atoms with Gasteiger partial charge < -0.3 is 5.73 Å². The summed E-state index contributed by atoms with van der Waals surface area (Å²) in [5, 5.41) is 8.60. The molecule has 0 radical (unpaired) electrons. The Morgan fingerprint density at radius 3 is 2.43 bits per heavy atom. The third-order valence-electron chi connectivity index (χ3n) is 2.77. The van der Waals surface area contributed by atoms with Crippen molar-refractivity contribution in [2.45, 2.75) is 11.3 Å². The second kappa shape index (κ2) is 6.16. The number of nitrogens with one attached hydrogen (secondary N) is 1. The second-order valence-electron chi connectivity index (χ2n) is 4.32. The Hall–Kier alpha value is -2.04. The third kappa shape index (κ3) is 3.74. The molecule has 2 aromatic carbocycles. The van der Waals surface area contributed by atoms with Crippen LogP contribution in [0.3, 0.4) is 0 Å².